The largest absolute Gasteiger partial charge is 0.481 e. The van der Waals surface area contributed by atoms with E-state index in [2.05, 4.69) is 4.98 Å². The number of ether oxygens (including phenoxy) is 1. The molecule has 1 heterocycles. The van der Waals surface area contributed by atoms with Crippen molar-refractivity contribution >= 4 is 35.1 Å². The molecule has 5 nitrogen and oxygen atoms in total. The van der Waals surface area contributed by atoms with Gasteiger partial charge in [-0.15, -0.1) is 0 Å². The van der Waals surface area contributed by atoms with E-state index in [0.717, 1.165) is 0 Å². The SMILES string of the molecule is CCOC(=O)C(Cc1cnc(Cl)cc1Cl)C(=O)O. The summed E-state index contributed by atoms with van der Waals surface area (Å²) < 4.78 is 4.69. The lowest BCUT2D eigenvalue weighted by molar-refractivity contribution is -0.158. The zero-order valence-corrected chi connectivity index (χ0v) is 11.0. The van der Waals surface area contributed by atoms with E-state index in [9.17, 15) is 9.59 Å². The van der Waals surface area contributed by atoms with Gasteiger partial charge in [-0.3, -0.25) is 9.59 Å². The molecule has 0 fully saturated rings. The van der Waals surface area contributed by atoms with Gasteiger partial charge >= 0.3 is 11.9 Å². The number of halogens is 2. The van der Waals surface area contributed by atoms with Crippen molar-refractivity contribution in [3.8, 4) is 0 Å². The summed E-state index contributed by atoms with van der Waals surface area (Å²) in [6.07, 6.45) is 1.26. The van der Waals surface area contributed by atoms with Crippen molar-refractivity contribution < 1.29 is 19.4 Å². The van der Waals surface area contributed by atoms with Crippen LogP contribution in [0.3, 0.4) is 0 Å². The molecule has 0 aliphatic heterocycles. The van der Waals surface area contributed by atoms with Crippen LogP contribution in [0.15, 0.2) is 12.3 Å². The lowest BCUT2D eigenvalue weighted by atomic mass is 10.0. The normalized spacial score (nSPS) is 11.9. The highest BCUT2D eigenvalue weighted by Crippen LogP contribution is 2.22. The molecular formula is C11H11Cl2NO4. The zero-order valence-electron chi connectivity index (χ0n) is 9.52. The third-order valence-corrected chi connectivity index (χ3v) is 2.75. The minimum atomic E-state index is -1.30. The summed E-state index contributed by atoms with van der Waals surface area (Å²) in [5, 5.41) is 9.46. The topological polar surface area (TPSA) is 76.5 Å². The summed E-state index contributed by atoms with van der Waals surface area (Å²) >= 11 is 11.5. The van der Waals surface area contributed by atoms with Gasteiger partial charge in [-0.25, -0.2) is 4.98 Å². The van der Waals surface area contributed by atoms with E-state index in [1.54, 1.807) is 6.92 Å². The van der Waals surface area contributed by atoms with Crippen LogP contribution in [0.25, 0.3) is 0 Å². The Hall–Kier alpha value is -1.33. The van der Waals surface area contributed by atoms with Gasteiger partial charge in [0.25, 0.3) is 0 Å². The number of pyridine rings is 1. The minimum absolute atomic E-state index is 0.0861. The van der Waals surface area contributed by atoms with Gasteiger partial charge in [0.1, 0.15) is 5.15 Å². The van der Waals surface area contributed by atoms with Crippen LogP contribution < -0.4 is 0 Å². The summed E-state index contributed by atoms with van der Waals surface area (Å²) in [5.74, 6) is -3.36. The number of aliphatic carboxylic acids is 1. The average Bonchev–Trinajstić information content (AvgIpc) is 2.27. The van der Waals surface area contributed by atoms with Crippen LogP contribution >= 0.6 is 23.2 Å². The summed E-state index contributed by atoms with van der Waals surface area (Å²) in [6.45, 7) is 1.73. The molecule has 1 rings (SSSR count). The Bertz CT molecular complexity index is 464. The second-order valence-corrected chi connectivity index (χ2v) is 4.24. The molecule has 0 radical (unpaired) electrons. The van der Waals surface area contributed by atoms with E-state index >= 15 is 0 Å². The van der Waals surface area contributed by atoms with Crippen LogP contribution in [0.1, 0.15) is 12.5 Å². The van der Waals surface area contributed by atoms with Gasteiger partial charge in [0.15, 0.2) is 5.92 Å². The van der Waals surface area contributed by atoms with Crippen molar-refractivity contribution in [1.29, 1.82) is 0 Å². The van der Waals surface area contributed by atoms with Gasteiger partial charge in [0.2, 0.25) is 0 Å². The van der Waals surface area contributed by atoms with E-state index in [0.29, 0.717) is 5.56 Å². The first-order valence-electron chi connectivity index (χ1n) is 5.15. The van der Waals surface area contributed by atoms with E-state index < -0.39 is 17.9 Å². The highest BCUT2D eigenvalue weighted by molar-refractivity contribution is 6.34. The van der Waals surface area contributed by atoms with E-state index in [1.807, 2.05) is 0 Å². The molecule has 0 bridgehead atoms. The molecule has 0 aromatic carbocycles. The van der Waals surface area contributed by atoms with Crippen molar-refractivity contribution in [1.82, 2.24) is 4.98 Å². The van der Waals surface area contributed by atoms with Gasteiger partial charge < -0.3 is 9.84 Å². The lowest BCUT2D eigenvalue weighted by Gasteiger charge is -2.12. The van der Waals surface area contributed by atoms with Crippen molar-refractivity contribution in [2.75, 3.05) is 6.61 Å². The highest BCUT2D eigenvalue weighted by Gasteiger charge is 2.28. The molecule has 0 aliphatic rings. The smallest absolute Gasteiger partial charge is 0.320 e. The maximum absolute atomic E-state index is 11.5. The van der Waals surface area contributed by atoms with Crippen molar-refractivity contribution in [3.05, 3.63) is 28.0 Å². The number of carbonyl (C=O) groups is 2. The molecule has 98 valence electrons. The summed E-state index contributed by atoms with van der Waals surface area (Å²) in [6, 6.07) is 1.39. The molecule has 1 atom stereocenters. The number of carbonyl (C=O) groups excluding carboxylic acids is 1. The predicted molar refractivity (Wildman–Crippen MR) is 65.7 cm³/mol. The van der Waals surface area contributed by atoms with Crippen LogP contribution in [0.2, 0.25) is 10.2 Å². The lowest BCUT2D eigenvalue weighted by Crippen LogP contribution is -2.28. The Morgan fingerprint density at radius 3 is 2.67 bits per heavy atom. The molecule has 0 amide bonds. The van der Waals surface area contributed by atoms with Gasteiger partial charge in [-0.1, -0.05) is 23.2 Å². The van der Waals surface area contributed by atoms with Gasteiger partial charge in [0, 0.05) is 11.2 Å². The first-order chi connectivity index (χ1) is 8.45. The van der Waals surface area contributed by atoms with Gasteiger partial charge in [0.05, 0.1) is 6.61 Å². The summed E-state index contributed by atoms with van der Waals surface area (Å²) in [4.78, 5) is 26.3. The number of hydrogen-bond donors (Lipinski definition) is 1. The fraction of sp³-hybridized carbons (Fsp3) is 0.364. The third kappa shape index (κ3) is 3.85. The predicted octanol–water partition coefficient (Wildman–Crippen LogP) is 2.19. The Morgan fingerprint density at radius 2 is 2.17 bits per heavy atom. The number of esters is 1. The van der Waals surface area contributed by atoms with Gasteiger partial charge in [-0.2, -0.15) is 0 Å². The molecule has 1 N–H and O–H groups in total. The first-order valence-corrected chi connectivity index (χ1v) is 5.90. The quantitative estimate of drug-likeness (QED) is 0.511. The molecule has 1 aromatic heterocycles. The first kappa shape index (κ1) is 14.7. The Morgan fingerprint density at radius 1 is 1.50 bits per heavy atom. The van der Waals surface area contributed by atoms with Crippen LogP contribution in [0.4, 0.5) is 0 Å². The standard InChI is InChI=1S/C11H11Cl2NO4/c1-2-18-11(17)7(10(15)16)3-6-5-14-9(13)4-8(6)12/h4-5,7H,2-3H2,1H3,(H,15,16). The van der Waals surface area contributed by atoms with Crippen molar-refractivity contribution in [2.45, 2.75) is 13.3 Å². The van der Waals surface area contributed by atoms with Crippen LogP contribution in [-0.2, 0) is 20.7 Å². The molecule has 1 aromatic rings. The fourth-order valence-corrected chi connectivity index (χ4v) is 1.76. The Kier molecular flexibility index (Phi) is 5.37. The van der Waals surface area contributed by atoms with Gasteiger partial charge in [-0.05, 0) is 25.0 Å². The number of hydrogen-bond acceptors (Lipinski definition) is 4. The number of rotatable bonds is 5. The Labute approximate surface area is 114 Å². The van der Waals surface area contributed by atoms with Crippen molar-refractivity contribution in [2.24, 2.45) is 5.92 Å². The molecule has 0 aliphatic carbocycles. The van der Waals surface area contributed by atoms with E-state index in [1.165, 1.54) is 12.3 Å². The summed E-state index contributed by atoms with van der Waals surface area (Å²) in [7, 11) is 0. The molecule has 1 unspecified atom stereocenters. The molecule has 18 heavy (non-hydrogen) atoms. The highest BCUT2D eigenvalue weighted by atomic mass is 35.5. The molecule has 7 heteroatoms. The maximum Gasteiger partial charge on any atom is 0.320 e. The number of nitrogens with zero attached hydrogens (tertiary/aromatic N) is 1. The van der Waals surface area contributed by atoms with E-state index in [-0.39, 0.29) is 23.2 Å². The zero-order chi connectivity index (χ0) is 13.7. The molecule has 0 saturated heterocycles. The third-order valence-electron chi connectivity index (χ3n) is 2.19. The second-order valence-electron chi connectivity index (χ2n) is 3.45. The van der Waals surface area contributed by atoms with Crippen LogP contribution in [-0.4, -0.2) is 28.6 Å². The molecule has 0 spiro atoms. The van der Waals surface area contributed by atoms with Crippen LogP contribution in [0, 0.1) is 5.92 Å². The average molecular weight is 292 g/mol. The number of carboxylic acids is 1. The number of aromatic nitrogens is 1. The molecular weight excluding hydrogens is 281 g/mol. The maximum atomic E-state index is 11.5. The summed E-state index contributed by atoms with van der Waals surface area (Å²) in [5.41, 5.74) is 0.432. The van der Waals surface area contributed by atoms with Crippen LogP contribution in [0.5, 0.6) is 0 Å². The van der Waals surface area contributed by atoms with Crippen molar-refractivity contribution in [3.63, 3.8) is 0 Å². The monoisotopic (exact) mass is 291 g/mol. The second kappa shape index (κ2) is 6.56. The van der Waals surface area contributed by atoms with E-state index in [4.69, 9.17) is 33.0 Å². The Balaban J connectivity index is 2.90. The molecule has 0 saturated carbocycles. The number of carboxylic acid groups (broad SMARTS) is 1. The fourth-order valence-electron chi connectivity index (χ4n) is 1.32. The minimum Gasteiger partial charge on any atom is -0.481 e.